The SMILES string of the molecule is CNC(=O)COC(=O)[C@H]1CC(=O)N(c2cc(C)ccc2OC)C1. The largest absolute Gasteiger partial charge is 0.495 e. The van der Waals surface area contributed by atoms with Crippen LogP contribution in [-0.4, -0.2) is 45.1 Å². The minimum absolute atomic E-state index is 0.0592. The van der Waals surface area contributed by atoms with Crippen LogP contribution in [0, 0.1) is 12.8 Å². The molecule has 1 aromatic carbocycles. The molecule has 1 saturated heterocycles. The van der Waals surface area contributed by atoms with Crippen molar-refractivity contribution in [1.29, 1.82) is 0 Å². The van der Waals surface area contributed by atoms with Gasteiger partial charge in [-0.25, -0.2) is 0 Å². The lowest BCUT2D eigenvalue weighted by molar-refractivity contribution is -0.152. The van der Waals surface area contributed by atoms with Crippen LogP contribution in [0.25, 0.3) is 0 Å². The summed E-state index contributed by atoms with van der Waals surface area (Å²) >= 11 is 0. The number of rotatable bonds is 5. The van der Waals surface area contributed by atoms with Gasteiger partial charge in [-0.05, 0) is 24.6 Å². The summed E-state index contributed by atoms with van der Waals surface area (Å²) in [4.78, 5) is 36.9. The molecule has 23 heavy (non-hydrogen) atoms. The molecule has 1 aromatic rings. The number of hydrogen-bond donors (Lipinski definition) is 1. The number of carbonyl (C=O) groups excluding carboxylic acids is 3. The Kier molecular flexibility index (Phi) is 5.20. The van der Waals surface area contributed by atoms with Crippen LogP contribution in [-0.2, 0) is 19.1 Å². The third-order valence-corrected chi connectivity index (χ3v) is 3.71. The zero-order valence-corrected chi connectivity index (χ0v) is 13.4. The lowest BCUT2D eigenvalue weighted by atomic mass is 10.1. The van der Waals surface area contributed by atoms with E-state index in [1.165, 1.54) is 19.1 Å². The molecule has 0 unspecified atom stereocenters. The number of benzene rings is 1. The molecule has 0 spiro atoms. The van der Waals surface area contributed by atoms with Crippen LogP contribution in [0.15, 0.2) is 18.2 Å². The van der Waals surface area contributed by atoms with Gasteiger partial charge in [-0.2, -0.15) is 0 Å². The second kappa shape index (κ2) is 7.13. The first-order valence-corrected chi connectivity index (χ1v) is 7.28. The number of ether oxygens (including phenoxy) is 2. The Morgan fingerprint density at radius 2 is 2.13 bits per heavy atom. The lowest BCUT2D eigenvalue weighted by Gasteiger charge is -2.20. The highest BCUT2D eigenvalue weighted by Crippen LogP contribution is 2.34. The highest BCUT2D eigenvalue weighted by Gasteiger charge is 2.37. The summed E-state index contributed by atoms with van der Waals surface area (Å²) in [5.74, 6) is -1.12. The van der Waals surface area contributed by atoms with E-state index in [1.54, 1.807) is 6.07 Å². The van der Waals surface area contributed by atoms with E-state index in [9.17, 15) is 14.4 Å². The first-order chi connectivity index (χ1) is 11.0. The molecule has 2 rings (SSSR count). The van der Waals surface area contributed by atoms with Gasteiger partial charge in [0, 0.05) is 20.0 Å². The highest BCUT2D eigenvalue weighted by atomic mass is 16.5. The minimum Gasteiger partial charge on any atom is -0.495 e. The molecule has 0 aliphatic carbocycles. The van der Waals surface area contributed by atoms with Crippen LogP contribution < -0.4 is 15.0 Å². The van der Waals surface area contributed by atoms with Gasteiger partial charge in [-0.3, -0.25) is 14.4 Å². The molecular formula is C16H20N2O5. The van der Waals surface area contributed by atoms with Gasteiger partial charge in [-0.1, -0.05) is 6.07 Å². The van der Waals surface area contributed by atoms with E-state index in [-0.39, 0.29) is 31.4 Å². The standard InChI is InChI=1S/C16H20N2O5/c1-10-4-5-13(22-3)12(6-10)18-8-11(7-15(18)20)16(21)23-9-14(19)17-2/h4-6,11H,7-9H2,1-3H3,(H,17,19)/t11-/m0/s1. The minimum atomic E-state index is -0.586. The summed E-state index contributed by atoms with van der Waals surface area (Å²) in [6.07, 6.45) is 0.0592. The van der Waals surface area contributed by atoms with Gasteiger partial charge < -0.3 is 19.7 Å². The van der Waals surface area contributed by atoms with Crippen molar-refractivity contribution in [2.24, 2.45) is 5.92 Å². The molecule has 7 nitrogen and oxygen atoms in total. The number of methoxy groups -OCH3 is 1. The number of hydrogen-bond acceptors (Lipinski definition) is 5. The number of anilines is 1. The van der Waals surface area contributed by atoms with E-state index in [0.717, 1.165) is 5.56 Å². The fraction of sp³-hybridized carbons (Fsp3) is 0.438. The van der Waals surface area contributed by atoms with E-state index in [0.29, 0.717) is 11.4 Å². The van der Waals surface area contributed by atoms with Gasteiger partial charge >= 0.3 is 5.97 Å². The smallest absolute Gasteiger partial charge is 0.311 e. The number of aryl methyl sites for hydroxylation is 1. The zero-order chi connectivity index (χ0) is 17.0. The van der Waals surface area contributed by atoms with Crippen LogP contribution in [0.2, 0.25) is 0 Å². The summed E-state index contributed by atoms with van der Waals surface area (Å²) in [7, 11) is 2.99. The first-order valence-electron chi connectivity index (χ1n) is 7.28. The molecule has 2 amide bonds. The van der Waals surface area contributed by atoms with Crippen LogP contribution in [0.5, 0.6) is 5.75 Å². The maximum atomic E-state index is 12.2. The topological polar surface area (TPSA) is 84.9 Å². The van der Waals surface area contributed by atoms with Crippen molar-refractivity contribution in [1.82, 2.24) is 5.32 Å². The van der Waals surface area contributed by atoms with Crippen molar-refractivity contribution in [2.45, 2.75) is 13.3 Å². The predicted octanol–water partition coefficient (Wildman–Crippen LogP) is 0.646. The first kappa shape index (κ1) is 16.8. The Morgan fingerprint density at radius 3 is 2.78 bits per heavy atom. The average Bonchev–Trinajstić information content (AvgIpc) is 2.93. The van der Waals surface area contributed by atoms with Crippen LogP contribution in [0.4, 0.5) is 5.69 Å². The summed E-state index contributed by atoms with van der Waals surface area (Å²) in [6, 6.07) is 5.52. The van der Waals surface area contributed by atoms with Gasteiger partial charge in [0.25, 0.3) is 5.91 Å². The maximum Gasteiger partial charge on any atom is 0.311 e. The Labute approximate surface area is 134 Å². The monoisotopic (exact) mass is 320 g/mol. The molecule has 124 valence electrons. The summed E-state index contributed by atoms with van der Waals surface area (Å²) in [6.45, 7) is 1.79. The molecule has 1 aliphatic heterocycles. The number of carbonyl (C=O) groups is 3. The molecule has 1 aliphatic rings. The zero-order valence-electron chi connectivity index (χ0n) is 13.4. The number of amides is 2. The van der Waals surface area contributed by atoms with E-state index in [2.05, 4.69) is 5.32 Å². The van der Waals surface area contributed by atoms with Gasteiger partial charge in [-0.15, -0.1) is 0 Å². The van der Waals surface area contributed by atoms with Crippen molar-refractivity contribution >= 4 is 23.5 Å². The van der Waals surface area contributed by atoms with E-state index in [1.807, 2.05) is 19.1 Å². The maximum absolute atomic E-state index is 12.2. The highest BCUT2D eigenvalue weighted by molar-refractivity contribution is 6.00. The predicted molar refractivity (Wildman–Crippen MR) is 83.2 cm³/mol. The van der Waals surface area contributed by atoms with Crippen LogP contribution in [0.3, 0.4) is 0 Å². The molecule has 1 fully saturated rings. The molecule has 1 heterocycles. The van der Waals surface area contributed by atoms with Gasteiger partial charge in [0.15, 0.2) is 6.61 Å². The fourth-order valence-electron chi connectivity index (χ4n) is 2.44. The van der Waals surface area contributed by atoms with Gasteiger partial charge in [0.05, 0.1) is 18.7 Å². The normalized spacial score (nSPS) is 17.1. The number of likely N-dealkylation sites (N-methyl/N-ethyl adjacent to an activating group) is 1. The van der Waals surface area contributed by atoms with Crippen molar-refractivity contribution < 1.29 is 23.9 Å². The van der Waals surface area contributed by atoms with Crippen molar-refractivity contribution in [3.05, 3.63) is 23.8 Å². The Balaban J connectivity index is 2.09. The second-order valence-corrected chi connectivity index (χ2v) is 5.36. The van der Waals surface area contributed by atoms with Crippen molar-refractivity contribution in [3.8, 4) is 5.75 Å². The van der Waals surface area contributed by atoms with Crippen molar-refractivity contribution in [2.75, 3.05) is 32.2 Å². The molecule has 7 heteroatoms. The molecular weight excluding hydrogens is 300 g/mol. The van der Waals surface area contributed by atoms with Crippen LogP contribution in [0.1, 0.15) is 12.0 Å². The van der Waals surface area contributed by atoms with E-state index < -0.39 is 11.9 Å². The lowest BCUT2D eigenvalue weighted by Crippen LogP contribution is -2.29. The summed E-state index contributed by atoms with van der Waals surface area (Å²) < 4.78 is 10.2. The van der Waals surface area contributed by atoms with Crippen LogP contribution >= 0.6 is 0 Å². The van der Waals surface area contributed by atoms with Gasteiger partial charge in [0.1, 0.15) is 5.75 Å². The average molecular weight is 320 g/mol. The summed E-state index contributed by atoms with van der Waals surface area (Å²) in [5.41, 5.74) is 1.62. The van der Waals surface area contributed by atoms with Crippen molar-refractivity contribution in [3.63, 3.8) is 0 Å². The van der Waals surface area contributed by atoms with E-state index >= 15 is 0 Å². The molecule has 1 atom stereocenters. The summed E-state index contributed by atoms with van der Waals surface area (Å²) in [5, 5.41) is 2.37. The Morgan fingerprint density at radius 1 is 1.39 bits per heavy atom. The molecule has 0 saturated carbocycles. The molecule has 0 radical (unpaired) electrons. The number of esters is 1. The molecule has 0 aromatic heterocycles. The third-order valence-electron chi connectivity index (χ3n) is 3.71. The third kappa shape index (κ3) is 3.80. The Hall–Kier alpha value is -2.57. The fourth-order valence-corrected chi connectivity index (χ4v) is 2.44. The van der Waals surface area contributed by atoms with Gasteiger partial charge in [0.2, 0.25) is 5.91 Å². The Bertz CT molecular complexity index is 629. The number of nitrogens with zero attached hydrogens (tertiary/aromatic N) is 1. The van der Waals surface area contributed by atoms with E-state index in [4.69, 9.17) is 9.47 Å². The molecule has 0 bridgehead atoms. The number of nitrogens with one attached hydrogen (secondary N) is 1. The quantitative estimate of drug-likeness (QED) is 0.805. The molecule has 1 N–H and O–H groups in total. The second-order valence-electron chi connectivity index (χ2n) is 5.36.